The summed E-state index contributed by atoms with van der Waals surface area (Å²) in [7, 11) is -0.586. The lowest BCUT2D eigenvalue weighted by molar-refractivity contribution is 0.0657. The molecule has 0 aliphatic carbocycles. The molecule has 1 unspecified atom stereocenters. The molecule has 1 aromatic heterocycles. The van der Waals surface area contributed by atoms with Gasteiger partial charge >= 0.3 is 0 Å². The van der Waals surface area contributed by atoms with Gasteiger partial charge in [-0.2, -0.15) is 0 Å². The van der Waals surface area contributed by atoms with Crippen LogP contribution in [0.1, 0.15) is 59.4 Å². The maximum Gasteiger partial charge on any atom is 0.256 e. The summed E-state index contributed by atoms with van der Waals surface area (Å²) in [5.41, 5.74) is 2.60. The molecule has 0 spiro atoms. The molecule has 8 heteroatoms. The number of hydrogen-bond donors (Lipinski definition) is 0. The first-order valence-electron chi connectivity index (χ1n) is 11.0. The molecule has 31 heavy (non-hydrogen) atoms. The third-order valence-electron chi connectivity index (χ3n) is 6.42. The molecular formula is C23H31N3O3S2. The van der Waals surface area contributed by atoms with Gasteiger partial charge in [0.2, 0.25) is 10.0 Å². The van der Waals surface area contributed by atoms with E-state index in [1.165, 1.54) is 35.3 Å². The van der Waals surface area contributed by atoms with Crippen LogP contribution in [-0.4, -0.2) is 57.3 Å². The van der Waals surface area contributed by atoms with Gasteiger partial charge in [-0.15, -0.1) is 11.3 Å². The molecule has 0 radical (unpaired) electrons. The second kappa shape index (κ2) is 8.92. The smallest absolute Gasteiger partial charge is 0.256 e. The Bertz CT molecular complexity index is 1060. The minimum atomic E-state index is -3.62. The number of nitrogens with zero attached hydrogens (tertiary/aromatic N) is 3. The minimum Gasteiger partial charge on any atom is -0.371 e. The summed E-state index contributed by atoms with van der Waals surface area (Å²) in [6.07, 6.45) is 5.06. The Morgan fingerprint density at radius 2 is 1.87 bits per heavy atom. The van der Waals surface area contributed by atoms with E-state index in [1.54, 1.807) is 23.5 Å². The van der Waals surface area contributed by atoms with E-state index in [0.717, 1.165) is 44.5 Å². The van der Waals surface area contributed by atoms with Crippen LogP contribution in [0.5, 0.6) is 0 Å². The molecule has 0 bridgehead atoms. The number of sulfonamides is 1. The van der Waals surface area contributed by atoms with E-state index in [0.29, 0.717) is 12.1 Å². The monoisotopic (exact) mass is 461 g/mol. The van der Waals surface area contributed by atoms with Crippen molar-refractivity contribution in [3.8, 4) is 0 Å². The zero-order chi connectivity index (χ0) is 22.2. The van der Waals surface area contributed by atoms with Gasteiger partial charge in [-0.05, 0) is 67.3 Å². The largest absolute Gasteiger partial charge is 0.371 e. The van der Waals surface area contributed by atoms with Crippen molar-refractivity contribution in [1.82, 2.24) is 9.21 Å². The summed E-state index contributed by atoms with van der Waals surface area (Å²) in [5.74, 6) is -0.0694. The first kappa shape index (κ1) is 22.3. The van der Waals surface area contributed by atoms with Crippen LogP contribution in [0, 0.1) is 0 Å². The maximum atomic E-state index is 13.9. The van der Waals surface area contributed by atoms with Crippen LogP contribution in [0.4, 0.5) is 5.69 Å². The predicted octanol–water partition coefficient (Wildman–Crippen LogP) is 4.14. The molecule has 3 heterocycles. The Balaban J connectivity index is 1.78. The number of carbonyl (C=O) groups excluding carboxylic acids is 1. The highest BCUT2D eigenvalue weighted by Gasteiger charge is 2.33. The Morgan fingerprint density at radius 1 is 1.13 bits per heavy atom. The van der Waals surface area contributed by atoms with Gasteiger partial charge in [0.25, 0.3) is 5.91 Å². The molecule has 1 saturated heterocycles. The number of amides is 1. The van der Waals surface area contributed by atoms with Crippen LogP contribution in [0.3, 0.4) is 0 Å². The number of piperidine rings is 1. The number of thiophene rings is 1. The summed E-state index contributed by atoms with van der Waals surface area (Å²) in [6.45, 7) is 4.56. The van der Waals surface area contributed by atoms with Gasteiger partial charge in [0.05, 0.1) is 16.5 Å². The molecule has 1 amide bonds. The Morgan fingerprint density at radius 3 is 2.55 bits per heavy atom. The maximum absolute atomic E-state index is 13.9. The SMILES string of the molecule is CCC1c2ccsc2CCN1C(=O)c1cc(S(=O)(=O)N(C)C)ccc1N1CCCCC1. The van der Waals surface area contributed by atoms with Crippen molar-refractivity contribution in [3.63, 3.8) is 0 Å². The number of hydrogen-bond acceptors (Lipinski definition) is 5. The molecule has 1 atom stereocenters. The molecule has 6 nitrogen and oxygen atoms in total. The average molecular weight is 462 g/mol. The van der Waals surface area contributed by atoms with Crippen molar-refractivity contribution in [2.45, 2.75) is 50.0 Å². The van der Waals surface area contributed by atoms with E-state index in [2.05, 4.69) is 23.3 Å². The van der Waals surface area contributed by atoms with Crippen molar-refractivity contribution in [3.05, 3.63) is 45.6 Å². The zero-order valence-corrected chi connectivity index (χ0v) is 20.1. The van der Waals surface area contributed by atoms with E-state index in [4.69, 9.17) is 0 Å². The lowest BCUT2D eigenvalue weighted by Gasteiger charge is -2.37. The van der Waals surface area contributed by atoms with Crippen molar-refractivity contribution in [1.29, 1.82) is 0 Å². The van der Waals surface area contributed by atoms with Crippen LogP contribution in [0.2, 0.25) is 0 Å². The fraction of sp³-hybridized carbons (Fsp3) is 0.522. The van der Waals surface area contributed by atoms with Crippen LogP contribution in [0.25, 0.3) is 0 Å². The molecular weight excluding hydrogens is 430 g/mol. The highest BCUT2D eigenvalue weighted by atomic mass is 32.2. The van der Waals surface area contributed by atoms with Gasteiger partial charge in [0.1, 0.15) is 0 Å². The highest BCUT2D eigenvalue weighted by molar-refractivity contribution is 7.89. The zero-order valence-electron chi connectivity index (χ0n) is 18.5. The van der Waals surface area contributed by atoms with E-state index in [-0.39, 0.29) is 16.8 Å². The summed E-state index contributed by atoms with van der Waals surface area (Å²) in [5, 5.41) is 2.10. The van der Waals surface area contributed by atoms with Crippen LogP contribution < -0.4 is 4.90 Å². The molecule has 2 aliphatic heterocycles. The predicted molar refractivity (Wildman–Crippen MR) is 125 cm³/mol. The molecule has 0 saturated carbocycles. The molecule has 1 fully saturated rings. The van der Waals surface area contributed by atoms with Gasteiger partial charge in [-0.3, -0.25) is 4.79 Å². The number of rotatable bonds is 5. The van der Waals surface area contributed by atoms with E-state index < -0.39 is 10.0 Å². The molecule has 1 aromatic carbocycles. The fourth-order valence-corrected chi connectivity index (χ4v) is 6.56. The van der Waals surface area contributed by atoms with Gasteiger partial charge < -0.3 is 9.80 Å². The molecule has 2 aliphatic rings. The molecule has 2 aromatic rings. The average Bonchev–Trinajstić information content (AvgIpc) is 3.27. The second-order valence-corrected chi connectivity index (χ2v) is 11.6. The lowest BCUT2D eigenvalue weighted by Crippen LogP contribution is -2.40. The van der Waals surface area contributed by atoms with E-state index in [9.17, 15) is 13.2 Å². The molecule has 168 valence electrons. The summed E-state index contributed by atoms with van der Waals surface area (Å²) < 4.78 is 26.8. The highest BCUT2D eigenvalue weighted by Crippen LogP contribution is 2.38. The number of benzene rings is 1. The molecule has 0 N–H and O–H groups in total. The Kier molecular flexibility index (Phi) is 6.42. The normalized spacial score (nSPS) is 19.5. The van der Waals surface area contributed by atoms with Gasteiger partial charge in [-0.25, -0.2) is 12.7 Å². The topological polar surface area (TPSA) is 60.9 Å². The van der Waals surface area contributed by atoms with E-state index in [1.807, 2.05) is 11.0 Å². The summed E-state index contributed by atoms with van der Waals surface area (Å²) in [4.78, 5) is 19.6. The third kappa shape index (κ3) is 4.13. The summed E-state index contributed by atoms with van der Waals surface area (Å²) in [6, 6.07) is 7.23. The van der Waals surface area contributed by atoms with Gasteiger partial charge in [0, 0.05) is 44.3 Å². The van der Waals surface area contributed by atoms with Gasteiger partial charge in [-0.1, -0.05) is 6.92 Å². The quantitative estimate of drug-likeness (QED) is 0.672. The number of anilines is 1. The van der Waals surface area contributed by atoms with Crippen molar-refractivity contribution < 1.29 is 13.2 Å². The van der Waals surface area contributed by atoms with Crippen LogP contribution >= 0.6 is 11.3 Å². The second-order valence-electron chi connectivity index (χ2n) is 8.49. The van der Waals surface area contributed by atoms with Crippen LogP contribution in [-0.2, 0) is 16.4 Å². The fourth-order valence-electron chi connectivity index (χ4n) is 4.70. The van der Waals surface area contributed by atoms with Crippen LogP contribution in [0.15, 0.2) is 34.5 Å². The minimum absolute atomic E-state index is 0.0332. The Labute approximate surface area is 189 Å². The van der Waals surface area contributed by atoms with Crippen molar-refractivity contribution in [2.24, 2.45) is 0 Å². The van der Waals surface area contributed by atoms with Crippen molar-refractivity contribution in [2.75, 3.05) is 38.6 Å². The standard InChI is InChI=1S/C23H31N3O3S2/c1-4-20-18-11-15-30-22(18)10-14-26(20)23(27)19-16-17(31(28,29)24(2)3)8-9-21(19)25-12-6-5-7-13-25/h8-9,11,15-16,20H,4-7,10,12-14H2,1-3H3. The van der Waals surface area contributed by atoms with Crippen molar-refractivity contribution >= 4 is 33.0 Å². The lowest BCUT2D eigenvalue weighted by atomic mass is 9.96. The number of fused-ring (bicyclic) bond motifs is 1. The summed E-state index contributed by atoms with van der Waals surface area (Å²) >= 11 is 1.76. The third-order valence-corrected chi connectivity index (χ3v) is 9.22. The van der Waals surface area contributed by atoms with Gasteiger partial charge in [0.15, 0.2) is 0 Å². The molecule has 4 rings (SSSR count). The number of carbonyl (C=O) groups is 1. The Hall–Kier alpha value is -1.90. The first-order chi connectivity index (χ1) is 14.8. The first-order valence-corrected chi connectivity index (χ1v) is 13.3. The van der Waals surface area contributed by atoms with E-state index >= 15 is 0 Å².